The number of para-hydroxylation sites is 1. The van der Waals surface area contributed by atoms with E-state index in [4.69, 9.17) is 10.00 Å². The van der Waals surface area contributed by atoms with Gasteiger partial charge in [0.25, 0.3) is 5.56 Å². The molecule has 1 heterocycles. The largest absolute Gasteiger partial charge is 0.483 e. The summed E-state index contributed by atoms with van der Waals surface area (Å²) in [5.41, 5.74) is -0.814. The van der Waals surface area contributed by atoms with Crippen LogP contribution in [0.4, 0.5) is 13.2 Å². The van der Waals surface area contributed by atoms with Crippen LogP contribution >= 0.6 is 11.8 Å². The number of aromatic amines is 1. The van der Waals surface area contributed by atoms with Crippen molar-refractivity contribution in [2.45, 2.75) is 11.3 Å². The Balaban J connectivity index is 2.57. The lowest BCUT2D eigenvalue weighted by Crippen LogP contribution is -2.20. The molecule has 23 heavy (non-hydrogen) atoms. The molecule has 1 N–H and O–H groups in total. The molecule has 2 aromatic rings. The topological polar surface area (TPSA) is 78.8 Å². The highest BCUT2D eigenvalue weighted by Gasteiger charge is 2.29. The van der Waals surface area contributed by atoms with E-state index in [1.165, 1.54) is 18.2 Å². The molecule has 0 saturated heterocycles. The number of benzene rings is 1. The van der Waals surface area contributed by atoms with Gasteiger partial charge in [-0.05, 0) is 18.4 Å². The SMILES string of the molecule is CSc1nc(-c2ccccc2OCC(F)(F)F)c(C#N)c(=O)[nH]1. The minimum absolute atomic E-state index is 0.0154. The Hall–Kier alpha value is -2.47. The van der Waals surface area contributed by atoms with Crippen molar-refractivity contribution in [3.05, 3.63) is 40.2 Å². The fraction of sp³-hybridized carbons (Fsp3) is 0.214. The predicted molar refractivity (Wildman–Crippen MR) is 78.3 cm³/mol. The minimum atomic E-state index is -4.50. The van der Waals surface area contributed by atoms with Gasteiger partial charge in [0.05, 0.1) is 0 Å². The molecule has 0 bridgehead atoms. The van der Waals surface area contributed by atoms with Crippen molar-refractivity contribution >= 4 is 11.8 Å². The number of hydrogen-bond donors (Lipinski definition) is 1. The molecule has 5 nitrogen and oxygen atoms in total. The molecule has 9 heteroatoms. The smallest absolute Gasteiger partial charge is 0.422 e. The van der Waals surface area contributed by atoms with Crippen LogP contribution in [0.5, 0.6) is 5.75 Å². The molecule has 0 aliphatic rings. The molecule has 2 rings (SSSR count). The zero-order valence-electron chi connectivity index (χ0n) is 11.8. The van der Waals surface area contributed by atoms with Gasteiger partial charge in [-0.3, -0.25) is 4.79 Å². The fourth-order valence-corrected chi connectivity index (χ4v) is 2.17. The summed E-state index contributed by atoms with van der Waals surface area (Å²) < 4.78 is 41.8. The van der Waals surface area contributed by atoms with E-state index in [0.29, 0.717) is 0 Å². The van der Waals surface area contributed by atoms with Gasteiger partial charge in [0.1, 0.15) is 23.1 Å². The normalized spacial score (nSPS) is 11.1. The molecule has 1 aromatic heterocycles. The summed E-state index contributed by atoms with van der Waals surface area (Å²) in [4.78, 5) is 18.4. The molecule has 1 aromatic carbocycles. The van der Waals surface area contributed by atoms with E-state index in [1.54, 1.807) is 18.4 Å². The number of rotatable bonds is 4. The molecule has 0 aliphatic heterocycles. The summed E-state index contributed by atoms with van der Waals surface area (Å²) in [6.07, 6.45) is -2.84. The highest BCUT2D eigenvalue weighted by Crippen LogP contribution is 2.31. The number of nitrogens with one attached hydrogen (secondary N) is 1. The number of halogens is 3. The highest BCUT2D eigenvalue weighted by atomic mass is 32.2. The van der Waals surface area contributed by atoms with Crippen LogP contribution in [0.3, 0.4) is 0 Å². The van der Waals surface area contributed by atoms with Crippen molar-refractivity contribution in [1.82, 2.24) is 9.97 Å². The minimum Gasteiger partial charge on any atom is -0.483 e. The number of aromatic nitrogens is 2. The van der Waals surface area contributed by atoms with E-state index in [1.807, 2.05) is 0 Å². The Morgan fingerprint density at radius 2 is 2.09 bits per heavy atom. The molecule has 0 amide bonds. The van der Waals surface area contributed by atoms with Crippen molar-refractivity contribution in [2.24, 2.45) is 0 Å². The molecule has 0 spiro atoms. The quantitative estimate of drug-likeness (QED) is 0.683. The highest BCUT2D eigenvalue weighted by molar-refractivity contribution is 7.98. The second kappa shape index (κ2) is 6.75. The monoisotopic (exact) mass is 341 g/mol. The molecule has 0 unspecified atom stereocenters. The van der Waals surface area contributed by atoms with Crippen molar-refractivity contribution in [3.8, 4) is 23.1 Å². The average molecular weight is 341 g/mol. The van der Waals surface area contributed by atoms with Gasteiger partial charge in [-0.15, -0.1) is 0 Å². The van der Waals surface area contributed by atoms with Crippen molar-refractivity contribution < 1.29 is 17.9 Å². The molecule has 0 saturated carbocycles. The summed E-state index contributed by atoms with van der Waals surface area (Å²) in [5, 5.41) is 9.38. The lowest BCUT2D eigenvalue weighted by Gasteiger charge is -2.13. The first-order chi connectivity index (χ1) is 10.9. The van der Waals surface area contributed by atoms with Crippen LogP contribution in [0.2, 0.25) is 0 Å². The van der Waals surface area contributed by atoms with Gasteiger partial charge in [0, 0.05) is 5.56 Å². The lowest BCUT2D eigenvalue weighted by molar-refractivity contribution is -0.153. The Morgan fingerprint density at radius 3 is 2.70 bits per heavy atom. The summed E-state index contributed by atoms with van der Waals surface area (Å²) in [6.45, 7) is -1.48. The van der Waals surface area contributed by atoms with E-state index in [2.05, 4.69) is 9.97 Å². The Morgan fingerprint density at radius 1 is 1.39 bits per heavy atom. The van der Waals surface area contributed by atoms with E-state index in [9.17, 15) is 18.0 Å². The number of alkyl halides is 3. The third kappa shape index (κ3) is 4.04. The van der Waals surface area contributed by atoms with E-state index < -0.39 is 18.3 Å². The van der Waals surface area contributed by atoms with Crippen molar-refractivity contribution in [3.63, 3.8) is 0 Å². The Labute approximate surface area is 133 Å². The van der Waals surface area contributed by atoms with Crippen molar-refractivity contribution in [2.75, 3.05) is 12.9 Å². The average Bonchev–Trinajstić information content (AvgIpc) is 2.51. The van der Waals surface area contributed by atoms with Crippen LogP contribution in [-0.2, 0) is 0 Å². The second-order valence-corrected chi connectivity index (χ2v) is 5.11. The van der Waals surface area contributed by atoms with Crippen LogP contribution < -0.4 is 10.3 Å². The third-order valence-corrected chi connectivity index (χ3v) is 3.32. The zero-order chi connectivity index (χ0) is 17.0. The first-order valence-corrected chi connectivity index (χ1v) is 7.45. The molecule has 120 valence electrons. The summed E-state index contributed by atoms with van der Waals surface area (Å²) in [7, 11) is 0. The number of H-pyrrole nitrogens is 1. The third-order valence-electron chi connectivity index (χ3n) is 2.74. The maximum Gasteiger partial charge on any atom is 0.422 e. The first-order valence-electron chi connectivity index (χ1n) is 6.23. The molecule has 0 fully saturated rings. The second-order valence-electron chi connectivity index (χ2n) is 4.31. The number of nitrogens with zero attached hydrogens (tertiary/aromatic N) is 2. The van der Waals surface area contributed by atoms with Crippen LogP contribution in [0, 0.1) is 11.3 Å². The number of ether oxygens (including phenoxy) is 1. The molecule has 0 aliphatic carbocycles. The van der Waals surface area contributed by atoms with E-state index >= 15 is 0 Å². The molecule has 0 atom stereocenters. The van der Waals surface area contributed by atoms with E-state index in [-0.39, 0.29) is 27.7 Å². The van der Waals surface area contributed by atoms with Crippen molar-refractivity contribution in [1.29, 1.82) is 5.26 Å². The lowest BCUT2D eigenvalue weighted by atomic mass is 10.1. The maximum atomic E-state index is 12.4. The van der Waals surface area contributed by atoms with Gasteiger partial charge in [-0.1, -0.05) is 23.9 Å². The molecular formula is C14H10F3N3O2S. The summed E-state index contributed by atoms with van der Waals surface area (Å²) >= 11 is 1.14. The zero-order valence-corrected chi connectivity index (χ0v) is 12.6. The predicted octanol–water partition coefficient (Wildman–Crippen LogP) is 2.97. The first kappa shape index (κ1) is 16.9. The number of nitriles is 1. The van der Waals surface area contributed by atoms with Crippen LogP contribution in [-0.4, -0.2) is 29.0 Å². The summed E-state index contributed by atoms with van der Waals surface area (Å²) in [6, 6.07) is 7.53. The van der Waals surface area contributed by atoms with Gasteiger partial charge in [0.15, 0.2) is 11.8 Å². The van der Waals surface area contributed by atoms with E-state index in [0.717, 1.165) is 11.8 Å². The van der Waals surface area contributed by atoms with Gasteiger partial charge in [-0.25, -0.2) is 4.98 Å². The fourth-order valence-electron chi connectivity index (χ4n) is 1.80. The maximum absolute atomic E-state index is 12.4. The Bertz CT molecular complexity index is 812. The van der Waals surface area contributed by atoms with Crippen LogP contribution in [0.15, 0.2) is 34.2 Å². The number of hydrogen-bond acceptors (Lipinski definition) is 5. The summed E-state index contributed by atoms with van der Waals surface area (Å²) in [5.74, 6) is -0.105. The standard InChI is InChI=1S/C14H10F3N3O2S/c1-23-13-19-11(9(6-18)12(21)20-13)8-4-2-3-5-10(8)22-7-14(15,16)17/h2-5H,7H2,1H3,(H,19,20,21). The van der Waals surface area contributed by atoms with Crippen LogP contribution in [0.25, 0.3) is 11.3 Å². The van der Waals surface area contributed by atoms with Gasteiger partial charge in [-0.2, -0.15) is 18.4 Å². The van der Waals surface area contributed by atoms with Crippen LogP contribution in [0.1, 0.15) is 5.56 Å². The van der Waals surface area contributed by atoms with Gasteiger partial charge >= 0.3 is 6.18 Å². The van der Waals surface area contributed by atoms with Gasteiger partial charge in [0.2, 0.25) is 0 Å². The number of thioether (sulfide) groups is 1. The Kier molecular flexibility index (Phi) is 4.95. The molecular weight excluding hydrogens is 331 g/mol. The molecule has 0 radical (unpaired) electrons. The van der Waals surface area contributed by atoms with Gasteiger partial charge < -0.3 is 9.72 Å².